The number of carbonyl (C=O) groups is 1. The van der Waals surface area contributed by atoms with Crippen molar-refractivity contribution in [1.29, 1.82) is 0 Å². The van der Waals surface area contributed by atoms with Gasteiger partial charge in [-0.25, -0.2) is 0 Å². The first kappa shape index (κ1) is 18.2. The van der Waals surface area contributed by atoms with Crippen molar-refractivity contribution in [3.63, 3.8) is 0 Å². The quantitative estimate of drug-likeness (QED) is 0.476. The summed E-state index contributed by atoms with van der Waals surface area (Å²) in [6.45, 7) is 7.38. The Morgan fingerprint density at radius 2 is 1.86 bits per heavy atom. The zero-order valence-corrected chi connectivity index (χ0v) is 14.0. The number of allylic oxidation sites excluding steroid dienone is 1. The van der Waals surface area contributed by atoms with E-state index in [-0.39, 0.29) is 17.1 Å². The molecule has 122 valence electrons. The van der Waals surface area contributed by atoms with Crippen molar-refractivity contribution in [2.45, 2.75) is 78.2 Å². The van der Waals surface area contributed by atoms with Crippen LogP contribution in [0.1, 0.15) is 72.1 Å². The van der Waals surface area contributed by atoms with E-state index in [0.717, 1.165) is 25.8 Å². The number of hydrogen-bond donors (Lipinski definition) is 2. The largest absolute Gasteiger partial charge is 0.392 e. The maximum absolute atomic E-state index is 12.1. The second-order valence-corrected chi connectivity index (χ2v) is 7.20. The van der Waals surface area contributed by atoms with Gasteiger partial charge in [0.2, 0.25) is 0 Å². The average molecular weight is 295 g/mol. The summed E-state index contributed by atoms with van der Waals surface area (Å²) in [4.78, 5) is 12.1. The third-order valence-electron chi connectivity index (χ3n) is 4.40. The molecular formula is C18H33NO2. The molecule has 2 atom stereocenters. The van der Waals surface area contributed by atoms with Crippen LogP contribution in [0.4, 0.5) is 0 Å². The summed E-state index contributed by atoms with van der Waals surface area (Å²) < 4.78 is 0. The third kappa shape index (κ3) is 7.12. The number of rotatable bonds is 10. The fourth-order valence-electron chi connectivity index (χ4n) is 3.17. The molecule has 3 heteroatoms. The lowest BCUT2D eigenvalue weighted by Crippen LogP contribution is -2.21. The summed E-state index contributed by atoms with van der Waals surface area (Å²) >= 11 is 0. The average Bonchev–Trinajstić information content (AvgIpc) is 2.70. The van der Waals surface area contributed by atoms with Gasteiger partial charge in [0.1, 0.15) is 0 Å². The first-order valence-corrected chi connectivity index (χ1v) is 8.58. The molecule has 1 aliphatic rings. The van der Waals surface area contributed by atoms with Gasteiger partial charge in [-0.05, 0) is 37.0 Å². The number of aliphatic hydroxyl groups is 1. The van der Waals surface area contributed by atoms with Gasteiger partial charge in [-0.3, -0.25) is 4.79 Å². The fourth-order valence-corrected chi connectivity index (χ4v) is 3.17. The minimum atomic E-state index is -0.476. The van der Waals surface area contributed by atoms with Crippen molar-refractivity contribution >= 4 is 5.78 Å². The molecule has 0 aromatic rings. The summed E-state index contributed by atoms with van der Waals surface area (Å²) in [5, 5.41) is 13.1. The molecule has 0 aromatic carbocycles. The van der Waals surface area contributed by atoms with Crippen molar-refractivity contribution in [3.8, 4) is 0 Å². The van der Waals surface area contributed by atoms with Crippen LogP contribution in [0.3, 0.4) is 0 Å². The molecule has 0 amide bonds. The molecule has 0 bridgehead atoms. The molecule has 1 aliphatic carbocycles. The molecular weight excluding hydrogens is 262 g/mol. The summed E-state index contributed by atoms with van der Waals surface area (Å²) in [5.41, 5.74) is 0.0828. The maximum atomic E-state index is 12.1. The SMILES string of the molecule is CCCCCCCCN/C=C/C(=O)[C@@H]1CC(C)(C)C[C@H]1O. The Labute approximate surface area is 130 Å². The van der Waals surface area contributed by atoms with Crippen LogP contribution in [0.25, 0.3) is 0 Å². The van der Waals surface area contributed by atoms with Crippen molar-refractivity contribution in [2.75, 3.05) is 6.54 Å². The highest BCUT2D eigenvalue weighted by Gasteiger charge is 2.40. The minimum Gasteiger partial charge on any atom is -0.392 e. The molecule has 0 heterocycles. The highest BCUT2D eigenvalue weighted by atomic mass is 16.3. The Kier molecular flexibility index (Phi) is 8.02. The zero-order chi connectivity index (χ0) is 15.7. The molecule has 0 spiro atoms. The highest BCUT2D eigenvalue weighted by molar-refractivity contribution is 5.92. The van der Waals surface area contributed by atoms with Gasteiger partial charge in [0.25, 0.3) is 0 Å². The summed E-state index contributed by atoms with van der Waals surface area (Å²) in [7, 11) is 0. The smallest absolute Gasteiger partial charge is 0.162 e. The summed E-state index contributed by atoms with van der Waals surface area (Å²) in [6, 6.07) is 0. The third-order valence-corrected chi connectivity index (χ3v) is 4.40. The Balaban J connectivity index is 2.12. The highest BCUT2D eigenvalue weighted by Crippen LogP contribution is 2.41. The normalized spacial score (nSPS) is 24.6. The van der Waals surface area contributed by atoms with Gasteiger partial charge in [-0.2, -0.15) is 0 Å². The van der Waals surface area contributed by atoms with Crippen molar-refractivity contribution in [1.82, 2.24) is 5.32 Å². The Morgan fingerprint density at radius 1 is 1.19 bits per heavy atom. The van der Waals surface area contributed by atoms with E-state index < -0.39 is 6.10 Å². The lowest BCUT2D eigenvalue weighted by molar-refractivity contribution is -0.120. The first-order chi connectivity index (χ1) is 9.96. The Hall–Kier alpha value is -0.830. The number of aliphatic hydroxyl groups excluding tert-OH is 1. The molecule has 0 aliphatic heterocycles. The Morgan fingerprint density at radius 3 is 2.48 bits per heavy atom. The van der Waals surface area contributed by atoms with Crippen LogP contribution >= 0.6 is 0 Å². The Bertz CT molecular complexity index is 336. The van der Waals surface area contributed by atoms with Crippen LogP contribution < -0.4 is 5.32 Å². The zero-order valence-electron chi connectivity index (χ0n) is 14.0. The van der Waals surface area contributed by atoms with Crippen LogP contribution in [0, 0.1) is 11.3 Å². The minimum absolute atomic E-state index is 0.0588. The van der Waals surface area contributed by atoms with Gasteiger partial charge in [0, 0.05) is 12.5 Å². The number of ketones is 1. The predicted molar refractivity (Wildman–Crippen MR) is 88.0 cm³/mol. The summed E-state index contributed by atoms with van der Waals surface area (Å²) in [5.74, 6) is -0.157. The topological polar surface area (TPSA) is 49.3 Å². The lowest BCUT2D eigenvalue weighted by Gasteiger charge is -2.15. The molecule has 0 saturated heterocycles. The first-order valence-electron chi connectivity index (χ1n) is 8.58. The molecule has 1 fully saturated rings. The number of nitrogens with one attached hydrogen (secondary N) is 1. The predicted octanol–water partition coefficient (Wildman–Crippen LogP) is 3.82. The van der Waals surface area contributed by atoms with Crippen LogP contribution in [0.5, 0.6) is 0 Å². The molecule has 2 N–H and O–H groups in total. The molecule has 1 rings (SSSR count). The number of carbonyl (C=O) groups excluding carboxylic acids is 1. The van der Waals surface area contributed by atoms with Crippen LogP contribution in [-0.2, 0) is 4.79 Å². The van der Waals surface area contributed by atoms with Crippen LogP contribution in [0.2, 0.25) is 0 Å². The molecule has 21 heavy (non-hydrogen) atoms. The van der Waals surface area contributed by atoms with Gasteiger partial charge in [0.05, 0.1) is 6.10 Å². The van der Waals surface area contributed by atoms with Crippen LogP contribution in [-0.4, -0.2) is 23.5 Å². The number of hydrogen-bond acceptors (Lipinski definition) is 3. The molecule has 0 unspecified atom stereocenters. The van der Waals surface area contributed by atoms with Gasteiger partial charge < -0.3 is 10.4 Å². The van der Waals surface area contributed by atoms with Gasteiger partial charge in [-0.1, -0.05) is 52.9 Å². The van der Waals surface area contributed by atoms with Gasteiger partial charge in [0.15, 0.2) is 5.78 Å². The van der Waals surface area contributed by atoms with Crippen LogP contribution in [0.15, 0.2) is 12.3 Å². The fraction of sp³-hybridized carbons (Fsp3) is 0.833. The van der Waals surface area contributed by atoms with Crippen molar-refractivity contribution in [3.05, 3.63) is 12.3 Å². The number of unbranched alkanes of at least 4 members (excludes halogenated alkanes) is 5. The van der Waals surface area contributed by atoms with Crippen molar-refractivity contribution < 1.29 is 9.90 Å². The van der Waals surface area contributed by atoms with E-state index in [1.54, 1.807) is 12.3 Å². The van der Waals surface area contributed by atoms with Gasteiger partial charge in [-0.15, -0.1) is 0 Å². The second kappa shape index (κ2) is 9.24. The van der Waals surface area contributed by atoms with E-state index in [1.165, 1.54) is 32.1 Å². The van der Waals surface area contributed by atoms with E-state index in [4.69, 9.17) is 0 Å². The summed E-state index contributed by atoms with van der Waals surface area (Å²) in [6.07, 6.45) is 12.1. The van der Waals surface area contributed by atoms with E-state index in [1.807, 2.05) is 0 Å². The van der Waals surface area contributed by atoms with E-state index in [0.29, 0.717) is 0 Å². The van der Waals surface area contributed by atoms with Gasteiger partial charge >= 0.3 is 0 Å². The monoisotopic (exact) mass is 295 g/mol. The van der Waals surface area contributed by atoms with E-state index >= 15 is 0 Å². The standard InChI is InChI=1S/C18H33NO2/c1-4-5-6-7-8-9-11-19-12-10-16(20)15-13-18(2,3)14-17(15)21/h10,12,15,17,19,21H,4-9,11,13-14H2,1-3H3/b12-10+/t15-,17+/m0/s1. The molecule has 0 radical (unpaired) electrons. The molecule has 0 aromatic heterocycles. The van der Waals surface area contributed by atoms with E-state index in [9.17, 15) is 9.90 Å². The second-order valence-electron chi connectivity index (χ2n) is 7.20. The lowest BCUT2D eigenvalue weighted by atomic mass is 9.89. The van der Waals surface area contributed by atoms with E-state index in [2.05, 4.69) is 26.1 Å². The van der Waals surface area contributed by atoms with Crippen molar-refractivity contribution in [2.24, 2.45) is 11.3 Å². The maximum Gasteiger partial charge on any atom is 0.162 e. The molecule has 3 nitrogen and oxygen atoms in total. The molecule has 1 saturated carbocycles.